The minimum atomic E-state index is -0.989. The minimum Gasteiger partial charge on any atom is -0.480 e. The lowest BCUT2D eigenvalue weighted by Crippen LogP contribution is -2.46. The Hall–Kier alpha value is -1.30. The van der Waals surface area contributed by atoms with Crippen LogP contribution in [0.5, 0.6) is 0 Å². The number of urea groups is 1. The van der Waals surface area contributed by atoms with Crippen LogP contribution in [0.25, 0.3) is 0 Å². The molecule has 1 atom stereocenters. The van der Waals surface area contributed by atoms with E-state index in [1.54, 1.807) is 0 Å². The van der Waals surface area contributed by atoms with E-state index in [9.17, 15) is 9.59 Å². The van der Waals surface area contributed by atoms with E-state index in [1.165, 1.54) is 19.3 Å². The Kier molecular flexibility index (Phi) is 8.82. The first-order valence-electron chi connectivity index (χ1n) is 8.02. The summed E-state index contributed by atoms with van der Waals surface area (Å²) < 4.78 is 5.69. The van der Waals surface area contributed by atoms with E-state index in [4.69, 9.17) is 9.84 Å². The van der Waals surface area contributed by atoms with E-state index in [1.807, 2.05) is 6.92 Å². The van der Waals surface area contributed by atoms with E-state index in [0.717, 1.165) is 25.7 Å². The van der Waals surface area contributed by atoms with Gasteiger partial charge >= 0.3 is 12.0 Å². The number of aliphatic carboxylic acids is 1. The molecule has 0 aromatic carbocycles. The zero-order chi connectivity index (χ0) is 15.5. The Labute approximate surface area is 126 Å². The Bertz CT molecular complexity index is 317. The van der Waals surface area contributed by atoms with Gasteiger partial charge in [0.05, 0.1) is 12.7 Å². The fraction of sp³-hybridized carbons (Fsp3) is 0.867. The molecule has 1 rings (SSSR count). The van der Waals surface area contributed by atoms with Crippen LogP contribution in [0.3, 0.4) is 0 Å². The molecule has 0 spiro atoms. The minimum absolute atomic E-state index is 0.319. The fourth-order valence-corrected chi connectivity index (χ4v) is 2.50. The number of rotatable bonds is 9. The van der Waals surface area contributed by atoms with Crippen LogP contribution < -0.4 is 10.6 Å². The molecule has 6 heteroatoms. The molecule has 0 heterocycles. The Balaban J connectivity index is 2.12. The summed E-state index contributed by atoms with van der Waals surface area (Å²) in [6, 6.07) is -1.25. The van der Waals surface area contributed by atoms with Gasteiger partial charge in [-0.1, -0.05) is 39.0 Å². The highest BCUT2D eigenvalue weighted by molar-refractivity contribution is 5.82. The molecule has 0 aromatic rings. The van der Waals surface area contributed by atoms with Crippen molar-refractivity contribution >= 4 is 12.0 Å². The van der Waals surface area contributed by atoms with Crippen molar-refractivity contribution in [2.24, 2.45) is 0 Å². The predicted molar refractivity (Wildman–Crippen MR) is 80.3 cm³/mol. The highest BCUT2D eigenvalue weighted by atomic mass is 16.5. The maximum absolute atomic E-state index is 11.6. The van der Waals surface area contributed by atoms with Crippen LogP contribution >= 0.6 is 0 Å². The summed E-state index contributed by atoms with van der Waals surface area (Å²) in [4.78, 5) is 22.6. The molecule has 1 aliphatic rings. The van der Waals surface area contributed by atoms with Gasteiger partial charge < -0.3 is 20.5 Å². The summed E-state index contributed by atoms with van der Waals surface area (Å²) >= 11 is 0. The van der Waals surface area contributed by atoms with Crippen LogP contribution in [-0.2, 0) is 9.53 Å². The molecule has 0 aromatic heterocycles. The van der Waals surface area contributed by atoms with E-state index in [2.05, 4.69) is 10.6 Å². The highest BCUT2D eigenvalue weighted by Crippen LogP contribution is 2.19. The van der Waals surface area contributed by atoms with Crippen molar-refractivity contribution in [2.75, 3.05) is 13.2 Å². The van der Waals surface area contributed by atoms with Crippen molar-refractivity contribution in [3.05, 3.63) is 0 Å². The van der Waals surface area contributed by atoms with Gasteiger partial charge in [-0.15, -0.1) is 0 Å². The maximum atomic E-state index is 11.6. The monoisotopic (exact) mass is 300 g/mol. The molecule has 1 saturated carbocycles. The average molecular weight is 300 g/mol. The topological polar surface area (TPSA) is 87.7 Å². The molecule has 21 heavy (non-hydrogen) atoms. The predicted octanol–water partition coefficient (Wildman–Crippen LogP) is 2.28. The van der Waals surface area contributed by atoms with Crippen molar-refractivity contribution in [3.63, 3.8) is 0 Å². The van der Waals surface area contributed by atoms with E-state index >= 15 is 0 Å². The first-order valence-corrected chi connectivity index (χ1v) is 8.02. The van der Waals surface area contributed by atoms with Gasteiger partial charge in [0.2, 0.25) is 0 Å². The SMILES string of the molecule is CCCCC(NC(=O)NCCOC1CCCCC1)C(=O)O. The van der Waals surface area contributed by atoms with Crippen molar-refractivity contribution in [1.29, 1.82) is 0 Å². The van der Waals surface area contributed by atoms with Crippen LogP contribution in [-0.4, -0.2) is 42.4 Å². The van der Waals surface area contributed by atoms with Crippen molar-refractivity contribution in [1.82, 2.24) is 10.6 Å². The van der Waals surface area contributed by atoms with E-state index in [0.29, 0.717) is 25.7 Å². The number of amides is 2. The lowest BCUT2D eigenvalue weighted by atomic mass is 9.98. The van der Waals surface area contributed by atoms with Crippen LogP contribution in [0.1, 0.15) is 58.3 Å². The molecule has 0 radical (unpaired) electrons. The number of ether oxygens (including phenoxy) is 1. The van der Waals surface area contributed by atoms with E-state index < -0.39 is 18.0 Å². The standard InChI is InChI=1S/C15H28N2O4/c1-2-3-9-13(14(18)19)17-15(20)16-10-11-21-12-7-5-4-6-8-12/h12-13H,2-11H2,1H3,(H,18,19)(H2,16,17,20). The van der Waals surface area contributed by atoms with Crippen molar-refractivity contribution < 1.29 is 19.4 Å². The molecule has 1 fully saturated rings. The molecule has 1 unspecified atom stereocenters. The van der Waals surface area contributed by atoms with Crippen molar-refractivity contribution in [3.8, 4) is 0 Å². The third-order valence-corrected chi connectivity index (χ3v) is 3.74. The van der Waals surface area contributed by atoms with Gasteiger partial charge in [0.15, 0.2) is 0 Å². The number of carboxylic acids is 1. The molecule has 3 N–H and O–H groups in total. The first-order chi connectivity index (χ1) is 10.1. The van der Waals surface area contributed by atoms with Gasteiger partial charge in [0.1, 0.15) is 6.04 Å². The molecule has 6 nitrogen and oxygen atoms in total. The third kappa shape index (κ3) is 7.90. The zero-order valence-electron chi connectivity index (χ0n) is 12.9. The quantitative estimate of drug-likeness (QED) is 0.570. The molecule has 1 aliphatic carbocycles. The number of hydrogen-bond acceptors (Lipinski definition) is 3. The van der Waals surface area contributed by atoms with Gasteiger partial charge in [-0.25, -0.2) is 9.59 Å². The summed E-state index contributed by atoms with van der Waals surface area (Å²) in [7, 11) is 0. The van der Waals surface area contributed by atoms with Gasteiger partial charge in [-0.3, -0.25) is 0 Å². The van der Waals surface area contributed by atoms with Crippen LogP contribution in [0, 0.1) is 0 Å². The summed E-state index contributed by atoms with van der Waals surface area (Å²) in [5.74, 6) is -0.989. The second-order valence-corrected chi connectivity index (χ2v) is 5.56. The summed E-state index contributed by atoms with van der Waals surface area (Å²) in [6.07, 6.45) is 8.39. The highest BCUT2D eigenvalue weighted by Gasteiger charge is 2.19. The Morgan fingerprint density at radius 1 is 1.29 bits per heavy atom. The number of carbonyl (C=O) groups is 2. The average Bonchev–Trinajstić information content (AvgIpc) is 2.48. The zero-order valence-corrected chi connectivity index (χ0v) is 12.9. The van der Waals surface area contributed by atoms with Gasteiger partial charge in [0.25, 0.3) is 0 Å². The lowest BCUT2D eigenvalue weighted by molar-refractivity contribution is -0.139. The lowest BCUT2D eigenvalue weighted by Gasteiger charge is -2.22. The van der Waals surface area contributed by atoms with Crippen LogP contribution in [0.4, 0.5) is 4.79 Å². The third-order valence-electron chi connectivity index (χ3n) is 3.74. The molecule has 122 valence electrons. The second-order valence-electron chi connectivity index (χ2n) is 5.56. The number of hydrogen-bond donors (Lipinski definition) is 3. The summed E-state index contributed by atoms with van der Waals surface area (Å²) in [6.45, 7) is 2.87. The molecule has 0 bridgehead atoms. The second kappa shape index (κ2) is 10.4. The molecular formula is C15H28N2O4. The fourth-order valence-electron chi connectivity index (χ4n) is 2.50. The number of nitrogens with one attached hydrogen (secondary N) is 2. The Morgan fingerprint density at radius 3 is 2.62 bits per heavy atom. The van der Waals surface area contributed by atoms with Crippen molar-refractivity contribution in [2.45, 2.75) is 70.4 Å². The molecule has 0 aliphatic heterocycles. The van der Waals surface area contributed by atoms with Crippen LogP contribution in [0.2, 0.25) is 0 Å². The van der Waals surface area contributed by atoms with Crippen LogP contribution in [0.15, 0.2) is 0 Å². The number of unbranched alkanes of at least 4 members (excludes halogenated alkanes) is 1. The summed E-state index contributed by atoms with van der Waals surface area (Å²) in [5.41, 5.74) is 0. The molecular weight excluding hydrogens is 272 g/mol. The normalized spacial score (nSPS) is 17.2. The number of carbonyl (C=O) groups excluding carboxylic acids is 1. The van der Waals surface area contributed by atoms with Gasteiger partial charge in [-0.05, 0) is 19.3 Å². The van der Waals surface area contributed by atoms with Gasteiger partial charge in [-0.2, -0.15) is 0 Å². The number of carboxylic acid groups (broad SMARTS) is 1. The van der Waals surface area contributed by atoms with E-state index in [-0.39, 0.29) is 0 Å². The Morgan fingerprint density at radius 2 is 2.00 bits per heavy atom. The first kappa shape index (κ1) is 17.8. The maximum Gasteiger partial charge on any atom is 0.326 e. The smallest absolute Gasteiger partial charge is 0.326 e. The molecule has 2 amide bonds. The summed E-state index contributed by atoms with van der Waals surface area (Å²) in [5, 5.41) is 14.2. The van der Waals surface area contributed by atoms with Gasteiger partial charge in [0, 0.05) is 6.54 Å². The largest absolute Gasteiger partial charge is 0.480 e. The molecule has 0 saturated heterocycles.